The average Bonchev–Trinajstić information content (AvgIpc) is 2.58. The summed E-state index contributed by atoms with van der Waals surface area (Å²) >= 11 is 0. The minimum absolute atomic E-state index is 0.0105. The lowest BCUT2D eigenvalue weighted by Crippen LogP contribution is -2.55. The van der Waals surface area contributed by atoms with Crippen molar-refractivity contribution in [2.45, 2.75) is 79.7 Å². The summed E-state index contributed by atoms with van der Waals surface area (Å²) in [6.07, 6.45) is 4.20. The first kappa shape index (κ1) is 24.4. The van der Waals surface area contributed by atoms with E-state index in [1.54, 1.807) is 7.05 Å². The third-order valence-electron chi connectivity index (χ3n) is 6.01. The van der Waals surface area contributed by atoms with Gasteiger partial charge in [-0.25, -0.2) is 0 Å². The van der Waals surface area contributed by atoms with Crippen molar-refractivity contribution < 1.29 is 19.5 Å². The molecule has 28 heavy (non-hydrogen) atoms. The maximum atomic E-state index is 13.3. The Balaban J connectivity index is 3.13. The highest BCUT2D eigenvalue weighted by Crippen LogP contribution is 2.39. The molecule has 1 saturated carbocycles. The first-order valence-electron chi connectivity index (χ1n) is 10.6. The number of hydrogen-bond acceptors (Lipinski definition) is 3. The zero-order valence-electron chi connectivity index (χ0n) is 18.7. The standard InChI is InChI=1S/C22H40N2O4/c1-13(2)12-16(17(21(27)28)15-10-8-14(3)9-11-15)19(25)24-18(20(26)23-7)22(4,5)6/h13-18H,8-12H2,1-7H3,(H,23,26)(H,24,25)(H,27,28). The van der Waals surface area contributed by atoms with Crippen LogP contribution in [0.2, 0.25) is 0 Å². The molecule has 0 bridgehead atoms. The first-order valence-corrected chi connectivity index (χ1v) is 10.6. The molecule has 3 unspecified atom stereocenters. The third kappa shape index (κ3) is 6.78. The van der Waals surface area contributed by atoms with Crippen molar-refractivity contribution in [2.75, 3.05) is 7.05 Å². The molecule has 0 aromatic carbocycles. The van der Waals surface area contributed by atoms with Gasteiger partial charge in [0.05, 0.1) is 11.8 Å². The van der Waals surface area contributed by atoms with Crippen LogP contribution >= 0.6 is 0 Å². The molecular weight excluding hydrogens is 356 g/mol. The van der Waals surface area contributed by atoms with E-state index in [-0.39, 0.29) is 23.7 Å². The van der Waals surface area contributed by atoms with E-state index in [0.717, 1.165) is 25.7 Å². The molecule has 6 nitrogen and oxygen atoms in total. The van der Waals surface area contributed by atoms with Gasteiger partial charge in [0.2, 0.25) is 11.8 Å². The van der Waals surface area contributed by atoms with Gasteiger partial charge in [0.1, 0.15) is 6.04 Å². The monoisotopic (exact) mass is 396 g/mol. The molecule has 3 atom stereocenters. The molecule has 1 rings (SSSR count). The SMILES string of the molecule is CNC(=O)C(NC(=O)C(CC(C)C)C(C(=O)O)C1CCC(C)CC1)C(C)(C)C. The van der Waals surface area contributed by atoms with Crippen LogP contribution in [0.3, 0.4) is 0 Å². The quantitative estimate of drug-likeness (QED) is 0.585. The molecular formula is C22H40N2O4. The van der Waals surface area contributed by atoms with Gasteiger partial charge in [0, 0.05) is 7.05 Å². The van der Waals surface area contributed by atoms with Gasteiger partial charge in [0.15, 0.2) is 0 Å². The highest BCUT2D eigenvalue weighted by atomic mass is 16.4. The van der Waals surface area contributed by atoms with E-state index in [1.165, 1.54) is 0 Å². The molecule has 1 aliphatic carbocycles. The van der Waals surface area contributed by atoms with E-state index in [1.807, 2.05) is 34.6 Å². The van der Waals surface area contributed by atoms with E-state index < -0.39 is 29.3 Å². The maximum Gasteiger partial charge on any atom is 0.307 e. The smallest absolute Gasteiger partial charge is 0.307 e. The summed E-state index contributed by atoms with van der Waals surface area (Å²) in [5.74, 6) is -2.00. The van der Waals surface area contributed by atoms with E-state index >= 15 is 0 Å². The molecule has 0 aliphatic heterocycles. The van der Waals surface area contributed by atoms with Gasteiger partial charge in [0.25, 0.3) is 0 Å². The van der Waals surface area contributed by atoms with Crippen LogP contribution in [0.15, 0.2) is 0 Å². The van der Waals surface area contributed by atoms with Crippen molar-refractivity contribution in [1.82, 2.24) is 10.6 Å². The zero-order valence-corrected chi connectivity index (χ0v) is 18.7. The van der Waals surface area contributed by atoms with Gasteiger partial charge in [-0.05, 0) is 42.4 Å². The van der Waals surface area contributed by atoms with Crippen molar-refractivity contribution in [2.24, 2.45) is 35.0 Å². The van der Waals surface area contributed by atoms with Crippen LogP contribution in [0.25, 0.3) is 0 Å². The van der Waals surface area contributed by atoms with Crippen LogP contribution in [0.4, 0.5) is 0 Å². The average molecular weight is 397 g/mol. The second-order valence-electron chi connectivity index (χ2n) is 10.0. The summed E-state index contributed by atoms with van der Waals surface area (Å²) in [4.78, 5) is 37.8. The van der Waals surface area contributed by atoms with Gasteiger partial charge in [-0.15, -0.1) is 0 Å². The largest absolute Gasteiger partial charge is 0.481 e. The second kappa shape index (κ2) is 10.3. The van der Waals surface area contributed by atoms with Crippen LogP contribution in [0.1, 0.15) is 73.6 Å². The number of carboxylic acid groups (broad SMARTS) is 1. The Bertz CT molecular complexity index is 545. The number of rotatable bonds is 8. The fourth-order valence-corrected chi connectivity index (χ4v) is 4.34. The van der Waals surface area contributed by atoms with Crippen molar-refractivity contribution in [3.8, 4) is 0 Å². The molecule has 3 N–H and O–H groups in total. The van der Waals surface area contributed by atoms with Gasteiger partial charge < -0.3 is 15.7 Å². The molecule has 6 heteroatoms. The highest BCUT2D eigenvalue weighted by Gasteiger charge is 2.42. The number of carboxylic acids is 1. The third-order valence-corrected chi connectivity index (χ3v) is 6.01. The zero-order chi connectivity index (χ0) is 21.6. The van der Waals surface area contributed by atoms with Crippen LogP contribution in [-0.4, -0.2) is 36.0 Å². The highest BCUT2D eigenvalue weighted by molar-refractivity contribution is 5.90. The van der Waals surface area contributed by atoms with Crippen molar-refractivity contribution in [3.63, 3.8) is 0 Å². The number of carbonyl (C=O) groups is 3. The van der Waals surface area contributed by atoms with Crippen molar-refractivity contribution >= 4 is 17.8 Å². The Labute approximate surface area is 170 Å². The molecule has 0 aromatic heterocycles. The predicted octanol–water partition coefficient (Wildman–Crippen LogP) is 3.45. The Kier molecular flexibility index (Phi) is 8.96. The summed E-state index contributed by atoms with van der Waals surface area (Å²) in [6, 6.07) is -0.708. The van der Waals surface area contributed by atoms with E-state index in [4.69, 9.17) is 0 Å². The number of aliphatic carboxylic acids is 1. The lowest BCUT2D eigenvalue weighted by molar-refractivity contribution is -0.151. The number of nitrogens with one attached hydrogen (secondary N) is 2. The Morgan fingerprint density at radius 1 is 1.04 bits per heavy atom. The van der Waals surface area contributed by atoms with Crippen LogP contribution in [0, 0.1) is 35.0 Å². The van der Waals surface area contributed by atoms with Gasteiger partial charge in [-0.3, -0.25) is 14.4 Å². The Hall–Kier alpha value is -1.59. The summed E-state index contributed by atoms with van der Waals surface area (Å²) in [5, 5.41) is 15.5. The summed E-state index contributed by atoms with van der Waals surface area (Å²) in [6.45, 7) is 11.9. The Morgan fingerprint density at radius 3 is 1.96 bits per heavy atom. The van der Waals surface area contributed by atoms with Gasteiger partial charge in [-0.1, -0.05) is 54.4 Å². The Morgan fingerprint density at radius 2 is 1.57 bits per heavy atom. The van der Waals surface area contributed by atoms with Gasteiger partial charge in [-0.2, -0.15) is 0 Å². The molecule has 1 fully saturated rings. The van der Waals surface area contributed by atoms with Gasteiger partial charge >= 0.3 is 5.97 Å². The minimum atomic E-state index is -0.896. The fourth-order valence-electron chi connectivity index (χ4n) is 4.34. The predicted molar refractivity (Wildman–Crippen MR) is 111 cm³/mol. The van der Waals surface area contributed by atoms with Crippen LogP contribution in [0.5, 0.6) is 0 Å². The summed E-state index contributed by atoms with van der Waals surface area (Å²) in [5.41, 5.74) is -0.475. The molecule has 2 amide bonds. The van der Waals surface area contributed by atoms with E-state index in [9.17, 15) is 19.5 Å². The lowest BCUT2D eigenvalue weighted by atomic mass is 9.69. The number of carbonyl (C=O) groups excluding carboxylic acids is 2. The van der Waals surface area contributed by atoms with Crippen LogP contribution < -0.4 is 10.6 Å². The van der Waals surface area contributed by atoms with Crippen molar-refractivity contribution in [1.29, 1.82) is 0 Å². The molecule has 0 saturated heterocycles. The van der Waals surface area contributed by atoms with E-state index in [2.05, 4.69) is 17.6 Å². The van der Waals surface area contributed by atoms with Crippen LogP contribution in [-0.2, 0) is 14.4 Å². The number of hydrogen-bond donors (Lipinski definition) is 3. The molecule has 1 aliphatic rings. The fraction of sp³-hybridized carbons (Fsp3) is 0.864. The topological polar surface area (TPSA) is 95.5 Å². The molecule has 0 radical (unpaired) electrons. The lowest BCUT2D eigenvalue weighted by Gasteiger charge is -2.37. The summed E-state index contributed by atoms with van der Waals surface area (Å²) in [7, 11) is 1.54. The molecule has 0 spiro atoms. The second-order valence-corrected chi connectivity index (χ2v) is 10.0. The number of likely N-dealkylation sites (N-methyl/N-ethyl adjacent to an activating group) is 1. The van der Waals surface area contributed by atoms with Crippen molar-refractivity contribution in [3.05, 3.63) is 0 Å². The molecule has 0 aromatic rings. The minimum Gasteiger partial charge on any atom is -0.481 e. The normalized spacial score (nSPS) is 23.6. The maximum absolute atomic E-state index is 13.3. The number of amides is 2. The summed E-state index contributed by atoms with van der Waals surface area (Å²) < 4.78 is 0. The molecule has 162 valence electrons. The first-order chi connectivity index (χ1) is 12.9. The van der Waals surface area contributed by atoms with E-state index in [0.29, 0.717) is 12.3 Å². The molecule has 0 heterocycles.